The first-order valence-corrected chi connectivity index (χ1v) is 3.68. The monoisotopic (exact) mass is 140 g/mol. The Morgan fingerprint density at radius 2 is 2.20 bits per heavy atom. The lowest BCUT2D eigenvalue weighted by Crippen LogP contribution is -2.23. The van der Waals surface area contributed by atoms with Crippen molar-refractivity contribution in [2.45, 2.75) is 33.6 Å². The van der Waals surface area contributed by atoms with E-state index in [0.717, 1.165) is 12.8 Å². The molecule has 1 heteroatoms. The van der Waals surface area contributed by atoms with E-state index in [9.17, 15) is 4.79 Å². The highest BCUT2D eigenvalue weighted by Gasteiger charge is 2.25. The van der Waals surface area contributed by atoms with Gasteiger partial charge in [-0.1, -0.05) is 19.9 Å². The quantitative estimate of drug-likeness (QED) is 0.548. The summed E-state index contributed by atoms with van der Waals surface area (Å²) in [5.41, 5.74) is -0.165. The maximum atomic E-state index is 11.0. The first-order valence-electron chi connectivity index (χ1n) is 3.68. The second-order valence-electron chi connectivity index (χ2n) is 2.96. The molecule has 0 radical (unpaired) electrons. The molecule has 10 heavy (non-hydrogen) atoms. The Morgan fingerprint density at radius 1 is 1.70 bits per heavy atom. The predicted molar refractivity (Wildman–Crippen MR) is 43.9 cm³/mol. The van der Waals surface area contributed by atoms with Crippen molar-refractivity contribution < 1.29 is 4.79 Å². The van der Waals surface area contributed by atoms with Crippen LogP contribution in [0, 0.1) is 5.41 Å². The summed E-state index contributed by atoms with van der Waals surface area (Å²) in [6.07, 6.45) is 3.50. The first-order chi connectivity index (χ1) is 4.56. The Bertz CT molecular complexity index is 138. The highest BCUT2D eigenvalue weighted by molar-refractivity contribution is 5.81. The summed E-state index contributed by atoms with van der Waals surface area (Å²) in [6, 6.07) is 0. The van der Waals surface area contributed by atoms with Crippen LogP contribution < -0.4 is 0 Å². The third kappa shape index (κ3) is 1.98. The second kappa shape index (κ2) is 3.55. The molecule has 0 aliphatic rings. The zero-order valence-electron chi connectivity index (χ0n) is 7.11. The molecule has 0 aliphatic carbocycles. The Balaban J connectivity index is 4.21. The molecular formula is C9H16O. The topological polar surface area (TPSA) is 17.1 Å². The van der Waals surface area contributed by atoms with Gasteiger partial charge < -0.3 is 0 Å². The zero-order valence-corrected chi connectivity index (χ0v) is 7.11. The fourth-order valence-corrected chi connectivity index (χ4v) is 0.856. The van der Waals surface area contributed by atoms with Crippen LogP contribution in [0.25, 0.3) is 0 Å². The average molecular weight is 140 g/mol. The Morgan fingerprint density at radius 3 is 2.30 bits per heavy atom. The minimum Gasteiger partial charge on any atom is -0.299 e. The van der Waals surface area contributed by atoms with Gasteiger partial charge in [0, 0.05) is 5.41 Å². The smallest absolute Gasteiger partial charge is 0.135 e. The molecule has 0 saturated heterocycles. The van der Waals surface area contributed by atoms with E-state index in [-0.39, 0.29) is 11.2 Å². The van der Waals surface area contributed by atoms with Gasteiger partial charge in [-0.25, -0.2) is 0 Å². The second-order valence-corrected chi connectivity index (χ2v) is 2.96. The summed E-state index contributed by atoms with van der Waals surface area (Å²) in [6.45, 7) is 9.29. The van der Waals surface area contributed by atoms with E-state index in [4.69, 9.17) is 0 Å². The number of hydrogen-bond donors (Lipinski definition) is 0. The minimum atomic E-state index is -0.165. The van der Waals surface area contributed by atoms with Crippen molar-refractivity contribution in [1.29, 1.82) is 0 Å². The molecule has 0 heterocycles. The molecule has 0 aliphatic heterocycles. The largest absolute Gasteiger partial charge is 0.299 e. The van der Waals surface area contributed by atoms with Gasteiger partial charge in [0.05, 0.1) is 0 Å². The predicted octanol–water partition coefficient (Wildman–Crippen LogP) is 2.57. The van der Waals surface area contributed by atoms with Gasteiger partial charge in [-0.3, -0.25) is 4.79 Å². The number of Topliss-reactive ketones (excluding diaryl/α,β-unsaturated/α-hetero) is 1. The number of carbonyl (C=O) groups is 1. The maximum Gasteiger partial charge on any atom is 0.135 e. The number of hydrogen-bond acceptors (Lipinski definition) is 1. The van der Waals surface area contributed by atoms with Crippen molar-refractivity contribution >= 4 is 5.78 Å². The molecule has 0 aromatic rings. The van der Waals surface area contributed by atoms with E-state index in [1.165, 1.54) is 0 Å². The van der Waals surface area contributed by atoms with Crippen LogP contribution >= 0.6 is 0 Å². The van der Waals surface area contributed by atoms with Crippen LogP contribution in [0.2, 0.25) is 0 Å². The third-order valence-corrected chi connectivity index (χ3v) is 2.23. The van der Waals surface area contributed by atoms with E-state index in [0.29, 0.717) is 0 Å². The summed E-state index contributed by atoms with van der Waals surface area (Å²) in [7, 11) is 0. The van der Waals surface area contributed by atoms with Crippen molar-refractivity contribution in [1.82, 2.24) is 0 Å². The van der Waals surface area contributed by atoms with Gasteiger partial charge in [-0.15, -0.1) is 6.58 Å². The highest BCUT2D eigenvalue weighted by Crippen LogP contribution is 2.26. The lowest BCUT2D eigenvalue weighted by Gasteiger charge is -2.22. The van der Waals surface area contributed by atoms with Gasteiger partial charge in [0.2, 0.25) is 0 Å². The van der Waals surface area contributed by atoms with Crippen LogP contribution in [0.1, 0.15) is 33.6 Å². The zero-order chi connectivity index (χ0) is 8.20. The van der Waals surface area contributed by atoms with E-state index >= 15 is 0 Å². The van der Waals surface area contributed by atoms with Crippen molar-refractivity contribution in [2.24, 2.45) is 5.41 Å². The number of carbonyl (C=O) groups excluding carboxylic acids is 1. The summed E-state index contributed by atoms with van der Waals surface area (Å²) in [4.78, 5) is 11.0. The van der Waals surface area contributed by atoms with Crippen LogP contribution in [0.5, 0.6) is 0 Å². The van der Waals surface area contributed by atoms with Crippen molar-refractivity contribution in [3.63, 3.8) is 0 Å². The lowest BCUT2D eigenvalue weighted by molar-refractivity contribution is -0.125. The van der Waals surface area contributed by atoms with Crippen LogP contribution in [-0.2, 0) is 4.79 Å². The SMILES string of the molecule is C=CC[C@@](C)(CC)C(C)=O. The van der Waals surface area contributed by atoms with Gasteiger partial charge in [0.1, 0.15) is 5.78 Å². The van der Waals surface area contributed by atoms with Gasteiger partial charge in [0.15, 0.2) is 0 Å². The average Bonchev–Trinajstić information content (AvgIpc) is 1.88. The Kier molecular flexibility index (Phi) is 3.34. The molecule has 0 fully saturated rings. The molecule has 0 saturated carbocycles. The molecule has 0 bridgehead atoms. The van der Waals surface area contributed by atoms with E-state index in [2.05, 4.69) is 6.58 Å². The van der Waals surface area contributed by atoms with Gasteiger partial charge in [-0.2, -0.15) is 0 Å². The molecule has 0 N–H and O–H groups in total. The van der Waals surface area contributed by atoms with Crippen molar-refractivity contribution in [3.8, 4) is 0 Å². The molecule has 0 rings (SSSR count). The summed E-state index contributed by atoms with van der Waals surface area (Å²) in [5, 5.41) is 0. The summed E-state index contributed by atoms with van der Waals surface area (Å²) in [5.74, 6) is 0.259. The Labute approximate surface area is 63.1 Å². The van der Waals surface area contributed by atoms with E-state index < -0.39 is 0 Å². The Hall–Kier alpha value is -0.590. The molecule has 1 nitrogen and oxygen atoms in total. The minimum absolute atomic E-state index is 0.165. The number of rotatable bonds is 4. The maximum absolute atomic E-state index is 11.0. The van der Waals surface area contributed by atoms with Crippen LogP contribution in [0.4, 0.5) is 0 Å². The molecule has 58 valence electrons. The van der Waals surface area contributed by atoms with E-state index in [1.54, 1.807) is 6.92 Å². The van der Waals surface area contributed by atoms with Crippen molar-refractivity contribution in [3.05, 3.63) is 12.7 Å². The molecule has 1 atom stereocenters. The normalized spacial score (nSPS) is 15.9. The van der Waals surface area contributed by atoms with Gasteiger partial charge in [-0.05, 0) is 19.8 Å². The van der Waals surface area contributed by atoms with E-state index in [1.807, 2.05) is 19.9 Å². The van der Waals surface area contributed by atoms with Gasteiger partial charge in [0.25, 0.3) is 0 Å². The molecular weight excluding hydrogens is 124 g/mol. The first kappa shape index (κ1) is 9.41. The van der Waals surface area contributed by atoms with Crippen LogP contribution in [0.3, 0.4) is 0 Å². The van der Waals surface area contributed by atoms with Crippen LogP contribution in [-0.4, -0.2) is 5.78 Å². The molecule has 0 spiro atoms. The number of ketones is 1. The summed E-state index contributed by atoms with van der Waals surface area (Å²) >= 11 is 0. The third-order valence-electron chi connectivity index (χ3n) is 2.23. The van der Waals surface area contributed by atoms with Gasteiger partial charge >= 0.3 is 0 Å². The standard InChI is InChI=1S/C9H16O/c1-5-7-9(4,6-2)8(3)10/h5H,1,6-7H2,2-4H3/t9-/m1/s1. The molecule has 0 aromatic carbocycles. The molecule has 0 aromatic heterocycles. The number of allylic oxidation sites excluding steroid dienone is 1. The fourth-order valence-electron chi connectivity index (χ4n) is 0.856. The lowest BCUT2D eigenvalue weighted by atomic mass is 9.80. The molecule has 0 amide bonds. The van der Waals surface area contributed by atoms with Crippen molar-refractivity contribution in [2.75, 3.05) is 0 Å². The fraction of sp³-hybridized carbons (Fsp3) is 0.667. The summed E-state index contributed by atoms with van der Waals surface area (Å²) < 4.78 is 0. The highest BCUT2D eigenvalue weighted by atomic mass is 16.1. The van der Waals surface area contributed by atoms with Crippen LogP contribution in [0.15, 0.2) is 12.7 Å². The molecule has 0 unspecified atom stereocenters.